The van der Waals surface area contributed by atoms with Crippen molar-refractivity contribution in [3.8, 4) is 5.75 Å². The molecule has 0 saturated carbocycles. The highest BCUT2D eigenvalue weighted by atomic mass is 16.5. The minimum Gasteiger partial charge on any atom is -0.489 e. The monoisotopic (exact) mass is 383 g/mol. The van der Waals surface area contributed by atoms with E-state index >= 15 is 0 Å². The van der Waals surface area contributed by atoms with E-state index in [1.807, 2.05) is 50.2 Å². The van der Waals surface area contributed by atoms with E-state index in [1.165, 1.54) is 0 Å². The second kappa shape index (κ2) is 10.5. The number of fused-ring (bicyclic) bond motifs is 1. The molecule has 1 aliphatic rings. The van der Waals surface area contributed by atoms with Crippen molar-refractivity contribution in [2.24, 2.45) is 0 Å². The molecule has 1 amide bonds. The summed E-state index contributed by atoms with van der Waals surface area (Å²) in [7, 11) is 0. The van der Waals surface area contributed by atoms with Crippen molar-refractivity contribution >= 4 is 11.9 Å². The van der Waals surface area contributed by atoms with Crippen LogP contribution in [-0.2, 0) is 22.6 Å². The van der Waals surface area contributed by atoms with Crippen LogP contribution in [0, 0.1) is 0 Å². The van der Waals surface area contributed by atoms with Gasteiger partial charge in [0.15, 0.2) is 0 Å². The maximum atomic E-state index is 12.7. The van der Waals surface area contributed by atoms with E-state index in [0.717, 1.165) is 16.9 Å². The summed E-state index contributed by atoms with van der Waals surface area (Å²) < 4.78 is 10.9. The van der Waals surface area contributed by atoms with Crippen LogP contribution in [0.2, 0.25) is 0 Å². The lowest BCUT2D eigenvalue weighted by molar-refractivity contribution is -0.148. The predicted molar refractivity (Wildman–Crippen MR) is 109 cm³/mol. The molecule has 1 aliphatic heterocycles. The Morgan fingerprint density at radius 1 is 1.14 bits per heavy atom. The first kappa shape index (κ1) is 21.5. The van der Waals surface area contributed by atoms with Gasteiger partial charge in [-0.2, -0.15) is 0 Å². The molecule has 0 fully saturated rings. The first-order chi connectivity index (χ1) is 13.6. The van der Waals surface area contributed by atoms with Gasteiger partial charge in [-0.05, 0) is 49.6 Å². The van der Waals surface area contributed by atoms with Gasteiger partial charge < -0.3 is 14.4 Å². The topological polar surface area (TPSA) is 55.8 Å². The minimum absolute atomic E-state index is 0.138. The molecule has 5 heteroatoms. The SMILES string of the molecule is CC.CCOC(=O)C(C)N1CCc2cc(OCc3ccccc3)ccc2C1=O. The van der Waals surface area contributed by atoms with E-state index in [1.54, 1.807) is 30.9 Å². The zero-order valence-electron chi connectivity index (χ0n) is 17.1. The highest BCUT2D eigenvalue weighted by Crippen LogP contribution is 2.25. The van der Waals surface area contributed by atoms with E-state index in [2.05, 4.69) is 0 Å². The summed E-state index contributed by atoms with van der Waals surface area (Å²) in [4.78, 5) is 26.2. The van der Waals surface area contributed by atoms with Crippen molar-refractivity contribution < 1.29 is 19.1 Å². The zero-order valence-corrected chi connectivity index (χ0v) is 17.1. The summed E-state index contributed by atoms with van der Waals surface area (Å²) in [5, 5.41) is 0. The molecule has 0 aromatic heterocycles. The first-order valence-corrected chi connectivity index (χ1v) is 9.87. The summed E-state index contributed by atoms with van der Waals surface area (Å²) in [5.41, 5.74) is 2.67. The Morgan fingerprint density at radius 3 is 2.54 bits per heavy atom. The third kappa shape index (κ3) is 5.12. The third-order valence-corrected chi connectivity index (χ3v) is 4.53. The number of hydrogen-bond acceptors (Lipinski definition) is 4. The van der Waals surface area contributed by atoms with Crippen molar-refractivity contribution in [2.45, 2.75) is 46.8 Å². The Morgan fingerprint density at radius 2 is 1.86 bits per heavy atom. The number of carbonyl (C=O) groups is 2. The van der Waals surface area contributed by atoms with Crippen LogP contribution in [0.25, 0.3) is 0 Å². The van der Waals surface area contributed by atoms with Gasteiger partial charge in [-0.25, -0.2) is 4.79 Å². The second-order valence-corrected chi connectivity index (χ2v) is 6.27. The predicted octanol–water partition coefficient (Wildman–Crippen LogP) is 4.24. The Bertz CT molecular complexity index is 788. The summed E-state index contributed by atoms with van der Waals surface area (Å²) in [6, 6.07) is 14.9. The van der Waals surface area contributed by atoms with E-state index in [-0.39, 0.29) is 11.9 Å². The van der Waals surface area contributed by atoms with Gasteiger partial charge in [-0.15, -0.1) is 0 Å². The average molecular weight is 383 g/mol. The van der Waals surface area contributed by atoms with Gasteiger partial charge in [-0.1, -0.05) is 44.2 Å². The molecule has 150 valence electrons. The molecule has 0 N–H and O–H groups in total. The van der Waals surface area contributed by atoms with E-state index in [0.29, 0.717) is 31.7 Å². The number of rotatable bonds is 6. The molecule has 2 aromatic carbocycles. The molecular weight excluding hydrogens is 354 g/mol. The van der Waals surface area contributed by atoms with Crippen LogP contribution in [0.3, 0.4) is 0 Å². The quantitative estimate of drug-likeness (QED) is 0.700. The fourth-order valence-corrected chi connectivity index (χ4v) is 3.07. The van der Waals surface area contributed by atoms with E-state index < -0.39 is 6.04 Å². The van der Waals surface area contributed by atoms with Crippen LogP contribution < -0.4 is 4.74 Å². The van der Waals surface area contributed by atoms with Crippen LogP contribution >= 0.6 is 0 Å². The van der Waals surface area contributed by atoms with Gasteiger partial charge >= 0.3 is 5.97 Å². The van der Waals surface area contributed by atoms with Crippen LogP contribution in [0.1, 0.15) is 49.2 Å². The number of ether oxygens (including phenoxy) is 2. The lowest BCUT2D eigenvalue weighted by Crippen LogP contribution is -2.47. The molecule has 0 spiro atoms. The van der Waals surface area contributed by atoms with Crippen molar-refractivity contribution in [1.82, 2.24) is 4.90 Å². The summed E-state index contributed by atoms with van der Waals surface area (Å²) >= 11 is 0. The standard InChI is InChI=1S/C21H23NO4.C2H6/c1-3-25-21(24)15(2)22-12-11-17-13-18(9-10-19(17)20(22)23)26-14-16-7-5-4-6-8-16;1-2/h4-10,13,15H,3,11-12,14H2,1-2H3;1-2H3. The minimum atomic E-state index is -0.579. The van der Waals surface area contributed by atoms with Gasteiger partial charge in [0, 0.05) is 12.1 Å². The molecule has 28 heavy (non-hydrogen) atoms. The summed E-state index contributed by atoms with van der Waals surface area (Å²) in [6.45, 7) is 8.75. The molecule has 1 heterocycles. The molecule has 0 radical (unpaired) electrons. The Kier molecular flexibility index (Phi) is 8.05. The molecule has 0 aliphatic carbocycles. The molecule has 5 nitrogen and oxygen atoms in total. The number of hydrogen-bond donors (Lipinski definition) is 0. The van der Waals surface area contributed by atoms with Crippen LogP contribution in [0.15, 0.2) is 48.5 Å². The number of esters is 1. The smallest absolute Gasteiger partial charge is 0.328 e. The Balaban J connectivity index is 0.00000136. The third-order valence-electron chi connectivity index (χ3n) is 4.53. The average Bonchev–Trinajstić information content (AvgIpc) is 2.74. The Hall–Kier alpha value is -2.82. The normalized spacial score (nSPS) is 13.7. The number of carbonyl (C=O) groups excluding carboxylic acids is 2. The van der Waals surface area contributed by atoms with Crippen LogP contribution in [-0.4, -0.2) is 36.0 Å². The van der Waals surface area contributed by atoms with E-state index in [4.69, 9.17) is 9.47 Å². The fourth-order valence-electron chi connectivity index (χ4n) is 3.07. The molecule has 2 aromatic rings. The van der Waals surface area contributed by atoms with Crippen molar-refractivity contribution in [1.29, 1.82) is 0 Å². The number of amides is 1. The second-order valence-electron chi connectivity index (χ2n) is 6.27. The molecule has 0 saturated heterocycles. The lowest BCUT2D eigenvalue weighted by Gasteiger charge is -2.32. The molecule has 3 rings (SSSR count). The Labute approximate surface area is 167 Å². The maximum Gasteiger partial charge on any atom is 0.328 e. The van der Waals surface area contributed by atoms with Crippen molar-refractivity contribution in [3.63, 3.8) is 0 Å². The molecular formula is C23H29NO4. The molecule has 1 atom stereocenters. The van der Waals surface area contributed by atoms with Crippen molar-refractivity contribution in [2.75, 3.05) is 13.2 Å². The lowest BCUT2D eigenvalue weighted by atomic mass is 9.97. The zero-order chi connectivity index (χ0) is 20.5. The fraction of sp³-hybridized carbons (Fsp3) is 0.391. The van der Waals surface area contributed by atoms with E-state index in [9.17, 15) is 9.59 Å². The van der Waals surface area contributed by atoms with Gasteiger partial charge in [-0.3, -0.25) is 4.79 Å². The summed E-state index contributed by atoms with van der Waals surface area (Å²) in [6.07, 6.45) is 0.688. The molecule has 0 bridgehead atoms. The number of nitrogens with zero attached hydrogens (tertiary/aromatic N) is 1. The first-order valence-electron chi connectivity index (χ1n) is 9.87. The van der Waals surface area contributed by atoms with Crippen LogP contribution in [0.5, 0.6) is 5.75 Å². The van der Waals surface area contributed by atoms with Gasteiger partial charge in [0.2, 0.25) is 0 Å². The summed E-state index contributed by atoms with van der Waals surface area (Å²) in [5.74, 6) is 0.237. The van der Waals surface area contributed by atoms with Crippen LogP contribution in [0.4, 0.5) is 0 Å². The van der Waals surface area contributed by atoms with Gasteiger partial charge in [0.05, 0.1) is 6.61 Å². The van der Waals surface area contributed by atoms with Gasteiger partial charge in [0.1, 0.15) is 18.4 Å². The maximum absolute atomic E-state index is 12.7. The van der Waals surface area contributed by atoms with Crippen molar-refractivity contribution in [3.05, 3.63) is 65.2 Å². The van der Waals surface area contributed by atoms with Gasteiger partial charge in [0.25, 0.3) is 5.91 Å². The molecule has 1 unspecified atom stereocenters. The highest BCUT2D eigenvalue weighted by Gasteiger charge is 2.32. The highest BCUT2D eigenvalue weighted by molar-refractivity contribution is 5.99. The largest absolute Gasteiger partial charge is 0.489 e. The number of benzene rings is 2.